The highest BCUT2D eigenvalue weighted by Crippen LogP contribution is 2.21. The van der Waals surface area contributed by atoms with Gasteiger partial charge >= 0.3 is 5.97 Å². The molecule has 1 rings (SSSR count). The van der Waals surface area contributed by atoms with Crippen molar-refractivity contribution in [3.63, 3.8) is 0 Å². The van der Waals surface area contributed by atoms with Crippen LogP contribution in [0.25, 0.3) is 10.4 Å². The second-order valence-electron chi connectivity index (χ2n) is 3.30. The van der Waals surface area contributed by atoms with Gasteiger partial charge in [-0.05, 0) is 12.0 Å². The van der Waals surface area contributed by atoms with Gasteiger partial charge in [0.25, 0.3) is 0 Å². The van der Waals surface area contributed by atoms with Crippen LogP contribution in [-0.2, 0) is 14.3 Å². The van der Waals surface area contributed by atoms with Crippen molar-refractivity contribution in [2.45, 2.75) is 25.4 Å². The number of ether oxygens (including phenoxy) is 1. The van der Waals surface area contributed by atoms with Crippen molar-refractivity contribution in [3.05, 3.63) is 10.4 Å². The van der Waals surface area contributed by atoms with Gasteiger partial charge in [0.2, 0.25) is 5.91 Å². The lowest BCUT2D eigenvalue weighted by molar-refractivity contribution is -0.150. The quantitative estimate of drug-likeness (QED) is 0.288. The summed E-state index contributed by atoms with van der Waals surface area (Å²) in [5, 5.41) is 3.50. The normalized spacial score (nSPS) is 24.5. The lowest BCUT2D eigenvalue weighted by Gasteiger charge is -2.20. The van der Waals surface area contributed by atoms with E-state index in [1.54, 1.807) is 0 Å². The largest absolute Gasteiger partial charge is 0.467 e. The fraction of sp³-hybridized carbons (Fsp3) is 0.750. The van der Waals surface area contributed by atoms with Crippen molar-refractivity contribution < 1.29 is 14.3 Å². The Morgan fingerprint density at radius 3 is 2.73 bits per heavy atom. The maximum Gasteiger partial charge on any atom is 0.328 e. The molecule has 1 aliphatic heterocycles. The summed E-state index contributed by atoms with van der Waals surface area (Å²) in [7, 11) is 1.27. The van der Waals surface area contributed by atoms with Crippen LogP contribution in [0.5, 0.6) is 0 Å². The summed E-state index contributed by atoms with van der Waals surface area (Å²) in [6.07, 6.45) is 0.330. The van der Waals surface area contributed by atoms with E-state index >= 15 is 0 Å². The number of methoxy groups -OCH3 is 1. The van der Waals surface area contributed by atoms with Crippen molar-refractivity contribution in [3.8, 4) is 0 Å². The number of carbonyl (C=O) groups is 2. The van der Waals surface area contributed by atoms with Gasteiger partial charge in [0, 0.05) is 18.4 Å². The monoisotopic (exact) mass is 212 g/mol. The van der Waals surface area contributed by atoms with Crippen molar-refractivity contribution in [1.82, 2.24) is 4.90 Å². The molecular formula is C8H12N4O3. The Kier molecular flexibility index (Phi) is 3.51. The first-order valence-electron chi connectivity index (χ1n) is 4.49. The van der Waals surface area contributed by atoms with E-state index in [2.05, 4.69) is 14.8 Å². The maximum atomic E-state index is 11.3. The Morgan fingerprint density at radius 2 is 2.27 bits per heavy atom. The summed E-state index contributed by atoms with van der Waals surface area (Å²) in [4.78, 5) is 26.6. The highest BCUT2D eigenvalue weighted by Gasteiger charge is 2.38. The summed E-state index contributed by atoms with van der Waals surface area (Å²) in [6.45, 7) is 1.65. The molecule has 0 aromatic heterocycles. The van der Waals surface area contributed by atoms with E-state index in [1.165, 1.54) is 18.9 Å². The molecule has 0 spiro atoms. The van der Waals surface area contributed by atoms with Gasteiger partial charge in [-0.2, -0.15) is 0 Å². The molecule has 1 amide bonds. The van der Waals surface area contributed by atoms with Gasteiger partial charge in [-0.15, -0.1) is 0 Å². The minimum absolute atomic E-state index is 0.221. The third kappa shape index (κ3) is 2.38. The lowest BCUT2D eigenvalue weighted by Crippen LogP contribution is -2.39. The Balaban J connectivity index is 2.80. The molecule has 0 saturated carbocycles. The molecule has 82 valence electrons. The van der Waals surface area contributed by atoms with Gasteiger partial charge in [0.15, 0.2) is 0 Å². The Morgan fingerprint density at radius 1 is 1.60 bits per heavy atom. The average Bonchev–Trinajstić information content (AvgIpc) is 2.61. The molecule has 1 fully saturated rings. The summed E-state index contributed by atoms with van der Waals surface area (Å²) in [6, 6.07) is -0.967. The molecule has 1 saturated heterocycles. The molecule has 0 N–H and O–H groups in total. The second kappa shape index (κ2) is 4.65. The molecular weight excluding hydrogens is 200 g/mol. The predicted octanol–water partition coefficient (Wildman–Crippen LogP) is 0.459. The number of esters is 1. The highest BCUT2D eigenvalue weighted by molar-refractivity contribution is 5.84. The first-order chi connectivity index (χ1) is 7.10. The van der Waals surface area contributed by atoms with E-state index < -0.39 is 12.0 Å². The van der Waals surface area contributed by atoms with Crippen LogP contribution in [0, 0.1) is 0 Å². The van der Waals surface area contributed by atoms with E-state index in [1.807, 2.05) is 0 Å². The first-order valence-corrected chi connectivity index (χ1v) is 4.49. The number of nitrogens with zero attached hydrogens (tertiary/aromatic N) is 4. The van der Waals surface area contributed by atoms with Crippen LogP contribution in [0.4, 0.5) is 0 Å². The molecule has 1 heterocycles. The van der Waals surface area contributed by atoms with Crippen LogP contribution in [-0.4, -0.2) is 42.5 Å². The molecule has 0 unspecified atom stereocenters. The van der Waals surface area contributed by atoms with Gasteiger partial charge in [-0.3, -0.25) is 4.79 Å². The number of carbonyl (C=O) groups excluding carboxylic acids is 2. The average molecular weight is 212 g/mol. The lowest BCUT2D eigenvalue weighted by atomic mass is 10.2. The minimum atomic E-state index is -0.622. The highest BCUT2D eigenvalue weighted by atomic mass is 16.5. The molecule has 1 aliphatic rings. The van der Waals surface area contributed by atoms with Crippen LogP contribution in [0.3, 0.4) is 0 Å². The number of amides is 1. The standard InChI is InChI=1S/C8H12N4O3/c1-5(13)12-4-6(10-11-9)3-7(12)8(14)15-2/h6-7H,3-4H2,1-2H3/t6-,7-/m0/s1. The van der Waals surface area contributed by atoms with Crippen LogP contribution in [0.1, 0.15) is 13.3 Å². The minimum Gasteiger partial charge on any atom is -0.467 e. The van der Waals surface area contributed by atoms with E-state index in [0.717, 1.165) is 0 Å². The zero-order valence-corrected chi connectivity index (χ0v) is 8.58. The van der Waals surface area contributed by atoms with Crippen molar-refractivity contribution in [2.75, 3.05) is 13.7 Å². The van der Waals surface area contributed by atoms with E-state index in [4.69, 9.17) is 5.53 Å². The third-order valence-corrected chi connectivity index (χ3v) is 2.37. The number of azide groups is 1. The number of hydrogen-bond donors (Lipinski definition) is 0. The van der Waals surface area contributed by atoms with Crippen molar-refractivity contribution in [2.24, 2.45) is 5.11 Å². The molecule has 0 aliphatic carbocycles. The maximum absolute atomic E-state index is 11.3. The van der Waals surface area contributed by atoms with Crippen LogP contribution < -0.4 is 0 Å². The molecule has 7 heteroatoms. The Hall–Kier alpha value is -1.75. The van der Waals surface area contributed by atoms with Gasteiger partial charge < -0.3 is 9.64 Å². The smallest absolute Gasteiger partial charge is 0.328 e. The fourth-order valence-corrected chi connectivity index (χ4v) is 1.68. The molecule has 0 radical (unpaired) electrons. The van der Waals surface area contributed by atoms with Gasteiger partial charge in [0.1, 0.15) is 6.04 Å². The van der Waals surface area contributed by atoms with Crippen molar-refractivity contribution in [1.29, 1.82) is 0 Å². The van der Waals surface area contributed by atoms with Gasteiger partial charge in [-0.1, -0.05) is 5.11 Å². The summed E-state index contributed by atoms with van der Waals surface area (Å²) in [5.41, 5.74) is 8.27. The first kappa shape index (κ1) is 11.3. The van der Waals surface area contributed by atoms with Crippen LogP contribution >= 0.6 is 0 Å². The second-order valence-corrected chi connectivity index (χ2v) is 3.30. The predicted molar refractivity (Wildman–Crippen MR) is 50.7 cm³/mol. The molecule has 0 aromatic carbocycles. The van der Waals surface area contributed by atoms with Crippen LogP contribution in [0.2, 0.25) is 0 Å². The topological polar surface area (TPSA) is 95.4 Å². The van der Waals surface area contributed by atoms with E-state index in [9.17, 15) is 9.59 Å². The number of likely N-dealkylation sites (tertiary alicyclic amines) is 1. The zero-order valence-electron chi connectivity index (χ0n) is 8.58. The summed E-state index contributed by atoms with van der Waals surface area (Å²) in [5.74, 6) is -0.693. The third-order valence-electron chi connectivity index (χ3n) is 2.37. The molecule has 0 bridgehead atoms. The Labute approximate surface area is 86.6 Å². The summed E-state index contributed by atoms with van der Waals surface area (Å²) >= 11 is 0. The fourth-order valence-electron chi connectivity index (χ4n) is 1.68. The van der Waals surface area contributed by atoms with Gasteiger partial charge in [0.05, 0.1) is 13.2 Å². The zero-order chi connectivity index (χ0) is 11.4. The molecule has 2 atom stereocenters. The number of hydrogen-bond acceptors (Lipinski definition) is 4. The SMILES string of the molecule is COC(=O)[C@@H]1C[C@H](N=[N+]=[N-])CN1C(C)=O. The van der Waals surface area contributed by atoms with Crippen molar-refractivity contribution >= 4 is 11.9 Å². The Bertz CT molecular complexity index is 324. The van der Waals surface area contributed by atoms with E-state index in [-0.39, 0.29) is 18.5 Å². The number of rotatable bonds is 2. The van der Waals surface area contributed by atoms with E-state index in [0.29, 0.717) is 6.42 Å². The summed E-state index contributed by atoms with van der Waals surface area (Å²) < 4.78 is 4.57. The molecule has 7 nitrogen and oxygen atoms in total. The van der Waals surface area contributed by atoms with Gasteiger partial charge in [-0.25, -0.2) is 4.79 Å². The molecule has 0 aromatic rings. The molecule has 15 heavy (non-hydrogen) atoms. The van der Waals surface area contributed by atoms with Crippen LogP contribution in [0.15, 0.2) is 5.11 Å².